The van der Waals surface area contributed by atoms with Gasteiger partial charge in [-0.15, -0.1) is 34.3 Å². The molecular weight excluding hydrogens is 951 g/mol. The molecule has 0 aliphatic carbocycles. The van der Waals surface area contributed by atoms with Gasteiger partial charge < -0.3 is 40.4 Å². The Bertz CT molecular complexity index is 628. The van der Waals surface area contributed by atoms with Gasteiger partial charge >= 0.3 is 75.5 Å². The van der Waals surface area contributed by atoms with Crippen molar-refractivity contribution in [1.82, 2.24) is 0 Å². The van der Waals surface area contributed by atoms with E-state index in [4.69, 9.17) is 9.47 Å². The summed E-state index contributed by atoms with van der Waals surface area (Å²) < 4.78 is 9.89. The fourth-order valence-electron chi connectivity index (χ4n) is 2.76. The van der Waals surface area contributed by atoms with Crippen molar-refractivity contribution in [3.8, 4) is 0 Å². The third-order valence-corrected chi connectivity index (χ3v) is 11.8. The molecule has 0 aromatic carbocycles. The van der Waals surface area contributed by atoms with Crippen LogP contribution in [-0.2, 0) is 9.47 Å². The van der Waals surface area contributed by atoms with Crippen molar-refractivity contribution < 1.29 is 85.0 Å². The van der Waals surface area contributed by atoms with Crippen LogP contribution in [0.15, 0.2) is 29.6 Å². The van der Waals surface area contributed by atoms with Crippen LogP contribution >= 0.6 is 0 Å². The van der Waals surface area contributed by atoms with Gasteiger partial charge in [0.15, 0.2) is 0 Å². The van der Waals surface area contributed by atoms with Crippen molar-refractivity contribution in [2.24, 2.45) is 0 Å². The van der Waals surface area contributed by atoms with Crippen LogP contribution in [-0.4, -0.2) is 74.9 Å². The average molecular weight is 1030 g/mol. The summed E-state index contributed by atoms with van der Waals surface area (Å²) in [6.07, 6.45) is 11.7. The zero-order chi connectivity index (χ0) is 34.4. The third-order valence-electron chi connectivity index (χ3n) is 5.04. The van der Waals surface area contributed by atoms with E-state index in [0.717, 1.165) is 26.4 Å². The molecule has 0 aromatic rings. The molecule has 0 bridgehead atoms. The third kappa shape index (κ3) is 69.2. The van der Waals surface area contributed by atoms with Crippen molar-refractivity contribution in [1.29, 1.82) is 0 Å². The van der Waals surface area contributed by atoms with Gasteiger partial charge in [0, 0.05) is 26.4 Å². The molecule has 2 fully saturated rings. The fourth-order valence-corrected chi connectivity index (χ4v) is 7.06. The number of hydrogen-bond acceptors (Lipinski definition) is 2. The SMILES string of the molecule is C1CCOC1.C1CCOC1.C[Si](C)(C)[C-]=C[CH-][Si](C)(C)C.[CH2-][Si](C)(C)/C=C\[CH-][Si](C)(C)C.[CH2-][Si](C)(C)/C=C\[CH-][Si](C)(C)C.[Ho+3].[Ho+3]. The Morgan fingerprint density at radius 1 is 0.489 bits per heavy atom. The Hall–Kier alpha value is 2.57. The molecule has 2 nitrogen and oxygen atoms in total. The van der Waals surface area contributed by atoms with Gasteiger partial charge in [0.1, 0.15) is 0 Å². The topological polar surface area (TPSA) is 18.5 Å². The summed E-state index contributed by atoms with van der Waals surface area (Å²) in [5, 5.41) is 0. The van der Waals surface area contributed by atoms with Gasteiger partial charge in [-0.3, -0.25) is 11.4 Å². The number of rotatable bonds is 9. The van der Waals surface area contributed by atoms with Crippen molar-refractivity contribution in [3.05, 3.63) is 66.6 Å². The van der Waals surface area contributed by atoms with Crippen LogP contribution in [0.3, 0.4) is 0 Å². The fraction of sp³-hybridized carbons (Fsp3) is 0.686. The smallest absolute Gasteiger partial charge is 0.532 e. The van der Waals surface area contributed by atoms with Crippen LogP contribution in [0.25, 0.3) is 0 Å². The van der Waals surface area contributed by atoms with E-state index >= 15 is 0 Å². The van der Waals surface area contributed by atoms with E-state index in [0.29, 0.717) is 0 Å². The monoisotopic (exact) mass is 1030 g/mol. The molecule has 0 radical (unpaired) electrons. The largest absolute Gasteiger partial charge is 3.00 e. The van der Waals surface area contributed by atoms with E-state index in [1.54, 1.807) is 0 Å². The molecule has 0 spiro atoms. The Kier molecular flexibility index (Phi) is 36.9. The Morgan fingerprint density at radius 2 is 0.756 bits per heavy atom. The molecule has 2 saturated heterocycles. The standard InChI is InChI=1S/3C9H20Si2.2C4H8O.2Ho/c3*1-10(2,3)8-7-9-11(4,5)6;2*1-2-4-5-3-1;;/h7-8H,1-6H3;2*7-9H,1H2,2-6H3;2*1-4H2;;/q3*-2;;;2*+3/b;2*8-7-;;;;. The Balaban J connectivity index is -0.000000151. The number of allylic oxidation sites excluding steroid dienone is 3. The van der Waals surface area contributed by atoms with Crippen LogP contribution in [0.5, 0.6) is 0 Å². The molecule has 0 aromatic heterocycles. The maximum atomic E-state index is 4.94. The van der Waals surface area contributed by atoms with E-state index in [1.807, 2.05) is 0 Å². The van der Waals surface area contributed by atoms with Gasteiger partial charge in [-0.2, -0.15) is 16.1 Å². The predicted molar refractivity (Wildman–Crippen MR) is 218 cm³/mol. The molecule has 45 heavy (non-hydrogen) atoms. The first-order valence-electron chi connectivity index (χ1n) is 16.5. The molecule has 274 valence electrons. The molecule has 2 aliphatic heterocycles. The van der Waals surface area contributed by atoms with Crippen molar-refractivity contribution in [2.75, 3.05) is 26.4 Å². The van der Waals surface area contributed by atoms with Crippen LogP contribution in [0, 0.1) is 112 Å². The van der Waals surface area contributed by atoms with E-state index in [2.05, 4.69) is 171 Å². The molecule has 10 heteroatoms. The van der Waals surface area contributed by atoms with E-state index in [-0.39, 0.29) is 75.5 Å². The summed E-state index contributed by atoms with van der Waals surface area (Å²) in [4.78, 5) is 0. The minimum Gasteiger partial charge on any atom is -0.532 e. The molecule has 0 N–H and O–H groups in total. The van der Waals surface area contributed by atoms with Crippen LogP contribution in [0.1, 0.15) is 25.7 Å². The molecule has 2 aliphatic rings. The first kappa shape index (κ1) is 56.9. The van der Waals surface area contributed by atoms with Crippen molar-refractivity contribution in [2.45, 2.75) is 130 Å². The zero-order valence-corrected chi connectivity index (χ0v) is 42.5. The van der Waals surface area contributed by atoms with Crippen LogP contribution < -0.4 is 0 Å². The van der Waals surface area contributed by atoms with Crippen molar-refractivity contribution >= 4 is 48.4 Å². The van der Waals surface area contributed by atoms with E-state index < -0.39 is 48.4 Å². The average Bonchev–Trinajstić information content (AvgIpc) is 3.48. The van der Waals surface area contributed by atoms with Crippen LogP contribution in [0.4, 0.5) is 0 Å². The summed E-state index contributed by atoms with van der Waals surface area (Å²) in [6, 6.07) is 7.09. The minimum absolute atomic E-state index is 0. The Morgan fingerprint density at radius 3 is 0.911 bits per heavy atom. The van der Waals surface area contributed by atoms with Gasteiger partial charge in [0.05, 0.1) is 0 Å². The summed E-state index contributed by atoms with van der Waals surface area (Å²) >= 11 is 0. The predicted octanol–water partition coefficient (Wildman–Crippen LogP) is 11.4. The summed E-state index contributed by atoms with van der Waals surface area (Å²) in [7, 11) is -6.39. The van der Waals surface area contributed by atoms with E-state index in [1.165, 1.54) is 25.7 Å². The first-order valence-corrected chi connectivity index (χ1v) is 37.3. The second-order valence-corrected chi connectivity index (χ2v) is 46.1. The van der Waals surface area contributed by atoms with Crippen LogP contribution in [0.2, 0.25) is 105 Å². The number of ether oxygens (including phenoxy) is 2. The molecule has 2 rings (SSSR count). The molecule has 0 amide bonds. The second-order valence-electron chi connectivity index (χ2n) is 17.5. The zero-order valence-electron chi connectivity index (χ0n) is 32.6. The summed E-state index contributed by atoms with van der Waals surface area (Å²) in [5.41, 5.74) is 8.07. The van der Waals surface area contributed by atoms with Gasteiger partial charge in [-0.1, -0.05) is 86.6 Å². The molecule has 0 unspecified atom stereocenters. The second kappa shape index (κ2) is 29.2. The molecular formula is C35H76Ho2O2Si6. The van der Waals surface area contributed by atoms with Gasteiger partial charge in [-0.05, 0) is 41.8 Å². The quantitative estimate of drug-likeness (QED) is 0.169. The maximum Gasteiger partial charge on any atom is 3.00 e. The Labute approximate surface area is 352 Å². The maximum absolute atomic E-state index is 4.94. The molecule has 0 saturated carbocycles. The van der Waals surface area contributed by atoms with Crippen molar-refractivity contribution in [3.63, 3.8) is 0 Å². The molecule has 0 atom stereocenters. The van der Waals surface area contributed by atoms with Gasteiger partial charge in [0.2, 0.25) is 0 Å². The van der Waals surface area contributed by atoms with E-state index in [9.17, 15) is 0 Å². The summed E-state index contributed by atoms with van der Waals surface area (Å²) in [5.74, 6) is 0. The van der Waals surface area contributed by atoms with Gasteiger partial charge in [0.25, 0.3) is 0 Å². The first-order chi connectivity index (χ1) is 19.1. The normalized spacial score (nSPS) is 15.6. The molecule has 2 heterocycles. The summed E-state index contributed by atoms with van der Waals surface area (Å²) in [6.45, 7) is 49.3. The van der Waals surface area contributed by atoms with Gasteiger partial charge in [-0.25, -0.2) is 24.2 Å². The minimum atomic E-state index is -1.20. The number of hydrogen-bond donors (Lipinski definition) is 0.